The zero-order chi connectivity index (χ0) is 12.3. The first-order valence-corrected chi connectivity index (χ1v) is 6.58. The van der Waals surface area contributed by atoms with Crippen molar-refractivity contribution >= 4 is 6.08 Å². The fourth-order valence-electron chi connectivity index (χ4n) is 2.89. The van der Waals surface area contributed by atoms with Gasteiger partial charge in [-0.2, -0.15) is 0 Å². The third kappa shape index (κ3) is 2.69. The van der Waals surface area contributed by atoms with Crippen LogP contribution in [0.3, 0.4) is 0 Å². The van der Waals surface area contributed by atoms with E-state index in [4.69, 9.17) is 0 Å². The van der Waals surface area contributed by atoms with Crippen LogP contribution in [0.2, 0.25) is 0 Å². The third-order valence-electron chi connectivity index (χ3n) is 4.36. The van der Waals surface area contributed by atoms with Gasteiger partial charge in [-0.25, -0.2) is 0 Å². The average molecular weight is 226 g/mol. The van der Waals surface area contributed by atoms with E-state index in [1.54, 1.807) is 0 Å². The van der Waals surface area contributed by atoms with Crippen molar-refractivity contribution in [3.05, 3.63) is 54.6 Å². The summed E-state index contributed by atoms with van der Waals surface area (Å²) in [5.74, 6) is 2.92. The van der Waals surface area contributed by atoms with Crippen LogP contribution in [0.5, 0.6) is 0 Å². The van der Waals surface area contributed by atoms with E-state index in [9.17, 15) is 0 Å². The summed E-state index contributed by atoms with van der Waals surface area (Å²) >= 11 is 0. The van der Waals surface area contributed by atoms with Crippen LogP contribution in [-0.2, 0) is 0 Å². The lowest BCUT2D eigenvalue weighted by Gasteiger charge is -2.15. The molecule has 0 amide bonds. The van der Waals surface area contributed by atoms with E-state index in [1.165, 1.54) is 12.0 Å². The molecule has 0 nitrogen and oxygen atoms in total. The molecule has 0 heterocycles. The number of hydrogen-bond acceptors (Lipinski definition) is 0. The van der Waals surface area contributed by atoms with Crippen LogP contribution in [0, 0.1) is 23.7 Å². The molecule has 1 fully saturated rings. The lowest BCUT2D eigenvalue weighted by molar-refractivity contribution is 0.381. The Morgan fingerprint density at radius 2 is 1.71 bits per heavy atom. The van der Waals surface area contributed by atoms with Crippen LogP contribution >= 0.6 is 0 Å². The van der Waals surface area contributed by atoms with Gasteiger partial charge in [0.2, 0.25) is 0 Å². The molecule has 1 aliphatic rings. The Kier molecular flexibility index (Phi) is 3.83. The molecule has 4 atom stereocenters. The number of benzene rings is 1. The smallest absolute Gasteiger partial charge is 0.0196 e. The minimum absolute atomic E-state index is 0.690. The normalized spacial score (nSPS) is 33.1. The van der Waals surface area contributed by atoms with Crippen LogP contribution < -0.4 is 0 Å². The quantitative estimate of drug-likeness (QED) is 0.650. The third-order valence-corrected chi connectivity index (χ3v) is 4.36. The summed E-state index contributed by atoms with van der Waals surface area (Å²) in [6.45, 7) is 8.68. The highest BCUT2D eigenvalue weighted by Crippen LogP contribution is 2.42. The molecular formula is C17H22. The molecule has 0 saturated heterocycles. The highest BCUT2D eigenvalue weighted by atomic mass is 14.4. The van der Waals surface area contributed by atoms with E-state index >= 15 is 0 Å². The number of rotatable bonds is 3. The highest BCUT2D eigenvalue weighted by molar-refractivity contribution is 5.49. The number of hydrogen-bond donors (Lipinski definition) is 0. The van der Waals surface area contributed by atoms with Crippen molar-refractivity contribution in [2.45, 2.75) is 20.3 Å². The molecule has 2 rings (SSSR count). The van der Waals surface area contributed by atoms with E-state index in [2.05, 4.69) is 69.0 Å². The maximum Gasteiger partial charge on any atom is -0.0196 e. The monoisotopic (exact) mass is 226 g/mol. The van der Waals surface area contributed by atoms with Gasteiger partial charge in [0.15, 0.2) is 0 Å². The molecule has 1 aromatic carbocycles. The summed E-state index contributed by atoms with van der Waals surface area (Å²) in [4.78, 5) is 0. The van der Waals surface area contributed by atoms with Gasteiger partial charge in [-0.15, -0.1) is 6.58 Å². The van der Waals surface area contributed by atoms with Gasteiger partial charge in [0.25, 0.3) is 0 Å². The first-order chi connectivity index (χ1) is 8.22. The molecular weight excluding hydrogens is 204 g/mol. The second kappa shape index (κ2) is 5.35. The first-order valence-electron chi connectivity index (χ1n) is 6.58. The van der Waals surface area contributed by atoms with Crippen molar-refractivity contribution in [3.8, 4) is 0 Å². The largest absolute Gasteiger partial charge is 0.103 e. The molecule has 0 radical (unpaired) electrons. The molecule has 1 aliphatic carbocycles. The molecule has 0 spiro atoms. The minimum Gasteiger partial charge on any atom is -0.103 e. The van der Waals surface area contributed by atoms with Crippen LogP contribution in [0.1, 0.15) is 25.8 Å². The Bertz CT molecular complexity index is 388. The van der Waals surface area contributed by atoms with Crippen molar-refractivity contribution < 1.29 is 0 Å². The standard InChI is InChI=1S/C17H22/c1-4-16-12-17(14(3)13(16)2)11-10-15-8-6-5-7-9-15/h4-11,13-14,16-17H,1,12H2,2-3H3/b11-10+. The molecule has 0 N–H and O–H groups in total. The Morgan fingerprint density at radius 1 is 1.06 bits per heavy atom. The second-order valence-corrected chi connectivity index (χ2v) is 5.29. The van der Waals surface area contributed by atoms with Crippen LogP contribution in [0.4, 0.5) is 0 Å². The molecule has 0 heteroatoms. The minimum atomic E-state index is 0.690. The van der Waals surface area contributed by atoms with Gasteiger partial charge in [-0.05, 0) is 35.7 Å². The predicted octanol–water partition coefficient (Wildman–Crippen LogP) is 4.79. The van der Waals surface area contributed by atoms with E-state index < -0.39 is 0 Å². The van der Waals surface area contributed by atoms with E-state index in [1.807, 2.05) is 0 Å². The van der Waals surface area contributed by atoms with Gasteiger partial charge in [0.05, 0.1) is 0 Å². The van der Waals surface area contributed by atoms with Crippen LogP contribution in [-0.4, -0.2) is 0 Å². The summed E-state index contributed by atoms with van der Waals surface area (Å²) in [5.41, 5.74) is 1.30. The van der Waals surface area contributed by atoms with Crippen molar-refractivity contribution in [2.75, 3.05) is 0 Å². The lowest BCUT2D eigenvalue weighted by atomic mass is 9.90. The van der Waals surface area contributed by atoms with Gasteiger partial charge >= 0.3 is 0 Å². The summed E-state index contributed by atoms with van der Waals surface area (Å²) in [5, 5.41) is 0. The molecule has 4 unspecified atom stereocenters. The summed E-state index contributed by atoms with van der Waals surface area (Å²) in [6, 6.07) is 10.6. The molecule has 1 aromatic rings. The Balaban J connectivity index is 2.05. The predicted molar refractivity (Wildman–Crippen MR) is 75.6 cm³/mol. The topological polar surface area (TPSA) is 0 Å². The van der Waals surface area contributed by atoms with Crippen molar-refractivity contribution in [2.24, 2.45) is 23.7 Å². The van der Waals surface area contributed by atoms with Gasteiger partial charge in [-0.1, -0.05) is 62.4 Å². The van der Waals surface area contributed by atoms with E-state index in [-0.39, 0.29) is 0 Å². The molecule has 1 saturated carbocycles. The molecule has 0 aromatic heterocycles. The van der Waals surface area contributed by atoms with E-state index in [0.29, 0.717) is 11.8 Å². The molecule has 17 heavy (non-hydrogen) atoms. The molecule has 90 valence electrons. The summed E-state index contributed by atoms with van der Waals surface area (Å²) < 4.78 is 0. The Morgan fingerprint density at radius 3 is 2.29 bits per heavy atom. The first kappa shape index (κ1) is 12.2. The van der Waals surface area contributed by atoms with Crippen LogP contribution in [0.25, 0.3) is 6.08 Å². The van der Waals surface area contributed by atoms with Gasteiger partial charge < -0.3 is 0 Å². The maximum atomic E-state index is 3.96. The SMILES string of the molecule is C=CC1CC(/C=C/c2ccccc2)C(C)C1C. The zero-order valence-electron chi connectivity index (χ0n) is 10.8. The maximum absolute atomic E-state index is 3.96. The van der Waals surface area contributed by atoms with Gasteiger partial charge in [-0.3, -0.25) is 0 Å². The van der Waals surface area contributed by atoms with Gasteiger partial charge in [0.1, 0.15) is 0 Å². The summed E-state index contributed by atoms with van der Waals surface area (Å²) in [7, 11) is 0. The molecule has 0 bridgehead atoms. The molecule has 0 aliphatic heterocycles. The lowest BCUT2D eigenvalue weighted by Crippen LogP contribution is -2.08. The Hall–Kier alpha value is -1.30. The van der Waals surface area contributed by atoms with Crippen molar-refractivity contribution in [3.63, 3.8) is 0 Å². The average Bonchev–Trinajstić information content (AvgIpc) is 2.65. The van der Waals surface area contributed by atoms with E-state index in [0.717, 1.165) is 11.8 Å². The fourth-order valence-corrected chi connectivity index (χ4v) is 2.89. The fraction of sp³-hybridized carbons (Fsp3) is 0.412. The van der Waals surface area contributed by atoms with Crippen LogP contribution in [0.15, 0.2) is 49.1 Å². The Labute approximate surface area is 105 Å². The van der Waals surface area contributed by atoms with Gasteiger partial charge in [0, 0.05) is 0 Å². The van der Waals surface area contributed by atoms with Crippen molar-refractivity contribution in [1.82, 2.24) is 0 Å². The van der Waals surface area contributed by atoms with Crippen molar-refractivity contribution in [1.29, 1.82) is 0 Å². The highest BCUT2D eigenvalue weighted by Gasteiger charge is 2.34. The second-order valence-electron chi connectivity index (χ2n) is 5.29. The summed E-state index contributed by atoms with van der Waals surface area (Å²) in [6.07, 6.45) is 8.05. The number of allylic oxidation sites excluding steroid dienone is 2. The zero-order valence-corrected chi connectivity index (χ0v) is 10.8.